The minimum absolute atomic E-state index is 0.139. The molecule has 3 aromatic rings. The van der Waals surface area contributed by atoms with Crippen LogP contribution < -0.4 is 5.32 Å². The van der Waals surface area contributed by atoms with Crippen molar-refractivity contribution in [2.45, 2.75) is 31.6 Å². The third kappa shape index (κ3) is 6.10. The topological polar surface area (TPSA) is 29.1 Å². The summed E-state index contributed by atoms with van der Waals surface area (Å²) in [4.78, 5) is 12.3. The van der Waals surface area contributed by atoms with Gasteiger partial charge < -0.3 is 5.32 Å². The highest BCUT2D eigenvalue weighted by atomic mass is 16.1. The Balaban J connectivity index is 1.49. The minimum atomic E-state index is 0.139. The lowest BCUT2D eigenvalue weighted by molar-refractivity contribution is -0.121. The molecule has 3 rings (SSSR count). The van der Waals surface area contributed by atoms with Crippen molar-refractivity contribution in [2.24, 2.45) is 0 Å². The van der Waals surface area contributed by atoms with Crippen molar-refractivity contribution in [3.8, 4) is 0 Å². The molecule has 27 heavy (non-hydrogen) atoms. The minimum Gasteiger partial charge on any atom is -0.356 e. The fourth-order valence-corrected chi connectivity index (χ4v) is 3.43. The Kier molecular flexibility index (Phi) is 7.23. The monoisotopic (exact) mass is 357 g/mol. The van der Waals surface area contributed by atoms with E-state index in [-0.39, 0.29) is 11.8 Å². The molecule has 3 aromatic carbocycles. The summed E-state index contributed by atoms with van der Waals surface area (Å²) in [5.74, 6) is 0.391. The van der Waals surface area contributed by atoms with Crippen molar-refractivity contribution in [1.29, 1.82) is 0 Å². The summed E-state index contributed by atoms with van der Waals surface area (Å²) in [5, 5.41) is 3.07. The Morgan fingerprint density at radius 2 is 1.26 bits per heavy atom. The van der Waals surface area contributed by atoms with Gasteiger partial charge in [-0.3, -0.25) is 4.79 Å². The maximum atomic E-state index is 12.3. The molecule has 0 atom stereocenters. The first kappa shape index (κ1) is 18.9. The summed E-state index contributed by atoms with van der Waals surface area (Å²) in [7, 11) is 0. The van der Waals surface area contributed by atoms with Crippen LogP contribution in [0.5, 0.6) is 0 Å². The van der Waals surface area contributed by atoms with E-state index in [1.807, 2.05) is 18.2 Å². The summed E-state index contributed by atoms with van der Waals surface area (Å²) in [5.41, 5.74) is 3.85. The van der Waals surface area contributed by atoms with E-state index in [1.165, 1.54) is 16.7 Å². The molecule has 0 fully saturated rings. The molecule has 0 spiro atoms. The van der Waals surface area contributed by atoms with Crippen LogP contribution in [0.1, 0.15) is 41.9 Å². The molecule has 138 valence electrons. The van der Waals surface area contributed by atoms with E-state index in [1.54, 1.807) is 0 Å². The quantitative estimate of drug-likeness (QED) is 0.514. The Morgan fingerprint density at radius 3 is 1.81 bits per heavy atom. The average Bonchev–Trinajstić information content (AvgIpc) is 2.74. The number of benzene rings is 3. The highest BCUT2D eigenvalue weighted by molar-refractivity contribution is 5.76. The van der Waals surface area contributed by atoms with Crippen LogP contribution in [0.2, 0.25) is 0 Å². The van der Waals surface area contributed by atoms with Gasteiger partial charge in [0, 0.05) is 18.9 Å². The molecular formula is C25H27NO. The zero-order chi connectivity index (χ0) is 18.7. The molecule has 0 saturated carbocycles. The average molecular weight is 357 g/mol. The number of rotatable bonds is 9. The van der Waals surface area contributed by atoms with Crippen LogP contribution in [0.4, 0.5) is 0 Å². The van der Waals surface area contributed by atoms with E-state index in [2.05, 4.69) is 78.1 Å². The predicted octanol–water partition coefficient (Wildman–Crippen LogP) is 5.35. The molecule has 0 saturated heterocycles. The van der Waals surface area contributed by atoms with E-state index in [4.69, 9.17) is 0 Å². The molecular weight excluding hydrogens is 330 g/mol. The SMILES string of the molecule is O=C(CCC(c1ccccc1)c1ccccc1)NCCCc1ccccc1. The highest BCUT2D eigenvalue weighted by Crippen LogP contribution is 2.28. The van der Waals surface area contributed by atoms with Gasteiger partial charge in [-0.2, -0.15) is 0 Å². The Bertz CT molecular complexity index is 760. The number of amides is 1. The molecule has 0 aliphatic carbocycles. The van der Waals surface area contributed by atoms with Gasteiger partial charge in [-0.05, 0) is 36.0 Å². The summed E-state index contributed by atoms with van der Waals surface area (Å²) in [6.45, 7) is 0.731. The van der Waals surface area contributed by atoms with Crippen molar-refractivity contribution >= 4 is 5.91 Å². The van der Waals surface area contributed by atoms with Gasteiger partial charge in [0.2, 0.25) is 5.91 Å². The van der Waals surface area contributed by atoms with Crippen LogP contribution in [-0.2, 0) is 11.2 Å². The Hall–Kier alpha value is -2.87. The zero-order valence-electron chi connectivity index (χ0n) is 15.7. The van der Waals surface area contributed by atoms with Gasteiger partial charge in [0.15, 0.2) is 0 Å². The molecule has 2 heteroatoms. The van der Waals surface area contributed by atoms with Gasteiger partial charge >= 0.3 is 0 Å². The molecule has 0 aromatic heterocycles. The molecule has 0 bridgehead atoms. The second-order valence-electron chi connectivity index (χ2n) is 6.85. The second-order valence-corrected chi connectivity index (χ2v) is 6.85. The van der Waals surface area contributed by atoms with Crippen LogP contribution in [0.15, 0.2) is 91.0 Å². The maximum Gasteiger partial charge on any atom is 0.220 e. The lowest BCUT2D eigenvalue weighted by atomic mass is 9.87. The lowest BCUT2D eigenvalue weighted by Gasteiger charge is -2.18. The van der Waals surface area contributed by atoms with E-state index >= 15 is 0 Å². The molecule has 0 heterocycles. The summed E-state index contributed by atoms with van der Waals surface area (Å²) in [6.07, 6.45) is 3.33. The first-order valence-corrected chi connectivity index (χ1v) is 9.73. The first-order chi connectivity index (χ1) is 13.3. The molecule has 0 unspecified atom stereocenters. The number of nitrogens with one attached hydrogen (secondary N) is 1. The van der Waals surface area contributed by atoms with E-state index in [9.17, 15) is 4.79 Å². The van der Waals surface area contributed by atoms with Crippen LogP contribution in [0.3, 0.4) is 0 Å². The standard InChI is InChI=1S/C25H27NO/c27-25(26-20-10-13-21-11-4-1-5-12-21)19-18-24(22-14-6-2-7-15-22)23-16-8-3-9-17-23/h1-9,11-12,14-17,24H,10,13,18-20H2,(H,26,27). The lowest BCUT2D eigenvalue weighted by Crippen LogP contribution is -2.25. The number of hydrogen-bond acceptors (Lipinski definition) is 1. The third-order valence-corrected chi connectivity index (χ3v) is 4.87. The van der Waals surface area contributed by atoms with Gasteiger partial charge in [0.05, 0.1) is 0 Å². The molecule has 1 amide bonds. The van der Waals surface area contributed by atoms with Gasteiger partial charge in [-0.25, -0.2) is 0 Å². The molecule has 1 N–H and O–H groups in total. The number of carbonyl (C=O) groups excluding carboxylic acids is 1. The van der Waals surface area contributed by atoms with E-state index in [0.717, 1.165) is 25.8 Å². The summed E-state index contributed by atoms with van der Waals surface area (Å²) >= 11 is 0. The van der Waals surface area contributed by atoms with Gasteiger partial charge in [0.1, 0.15) is 0 Å². The van der Waals surface area contributed by atoms with Crippen molar-refractivity contribution in [2.75, 3.05) is 6.54 Å². The van der Waals surface area contributed by atoms with Crippen molar-refractivity contribution < 1.29 is 4.79 Å². The van der Waals surface area contributed by atoms with Crippen LogP contribution in [-0.4, -0.2) is 12.5 Å². The molecule has 0 radical (unpaired) electrons. The fraction of sp³-hybridized carbons (Fsp3) is 0.240. The van der Waals surface area contributed by atoms with Crippen LogP contribution >= 0.6 is 0 Å². The van der Waals surface area contributed by atoms with Crippen molar-refractivity contribution in [3.63, 3.8) is 0 Å². The first-order valence-electron chi connectivity index (χ1n) is 9.73. The summed E-state index contributed by atoms with van der Waals surface area (Å²) < 4.78 is 0. The zero-order valence-corrected chi connectivity index (χ0v) is 15.7. The van der Waals surface area contributed by atoms with Crippen molar-refractivity contribution in [1.82, 2.24) is 5.32 Å². The predicted molar refractivity (Wildman–Crippen MR) is 112 cm³/mol. The molecule has 0 aliphatic rings. The fourth-order valence-electron chi connectivity index (χ4n) is 3.43. The van der Waals surface area contributed by atoms with Gasteiger partial charge in [0.25, 0.3) is 0 Å². The summed E-state index contributed by atoms with van der Waals surface area (Å²) in [6, 6.07) is 31.3. The Morgan fingerprint density at radius 1 is 0.741 bits per heavy atom. The third-order valence-electron chi connectivity index (χ3n) is 4.87. The second kappa shape index (κ2) is 10.3. The smallest absolute Gasteiger partial charge is 0.220 e. The van der Waals surface area contributed by atoms with Gasteiger partial charge in [-0.1, -0.05) is 91.0 Å². The maximum absolute atomic E-state index is 12.3. The number of carbonyl (C=O) groups is 1. The molecule has 2 nitrogen and oxygen atoms in total. The molecule has 0 aliphatic heterocycles. The normalized spacial score (nSPS) is 10.7. The van der Waals surface area contributed by atoms with Crippen molar-refractivity contribution in [3.05, 3.63) is 108 Å². The largest absolute Gasteiger partial charge is 0.356 e. The van der Waals surface area contributed by atoms with Crippen LogP contribution in [0, 0.1) is 0 Å². The van der Waals surface area contributed by atoms with Crippen LogP contribution in [0.25, 0.3) is 0 Å². The highest BCUT2D eigenvalue weighted by Gasteiger charge is 2.15. The van der Waals surface area contributed by atoms with E-state index in [0.29, 0.717) is 6.42 Å². The van der Waals surface area contributed by atoms with E-state index < -0.39 is 0 Å². The number of aryl methyl sites for hydroxylation is 1. The Labute approximate surface area is 162 Å². The van der Waals surface area contributed by atoms with Gasteiger partial charge in [-0.15, -0.1) is 0 Å². The number of hydrogen-bond donors (Lipinski definition) is 1.